The Morgan fingerprint density at radius 1 is 1.10 bits per heavy atom. The molecule has 29 heavy (non-hydrogen) atoms. The second-order valence-electron chi connectivity index (χ2n) is 6.60. The van der Waals surface area contributed by atoms with E-state index in [0.717, 1.165) is 56.4 Å². The fourth-order valence-electron chi connectivity index (χ4n) is 3.14. The quantitative estimate of drug-likeness (QED) is 0.251. The van der Waals surface area contributed by atoms with Crippen LogP contribution in [0.25, 0.3) is 0 Å². The minimum absolute atomic E-state index is 0. The third-order valence-electron chi connectivity index (χ3n) is 4.64. The van der Waals surface area contributed by atoms with Gasteiger partial charge >= 0.3 is 0 Å². The van der Waals surface area contributed by atoms with Gasteiger partial charge in [0.05, 0.1) is 6.61 Å². The molecule has 1 heterocycles. The second-order valence-corrected chi connectivity index (χ2v) is 6.60. The van der Waals surface area contributed by atoms with Crippen LogP contribution in [0.4, 0.5) is 0 Å². The topological polar surface area (TPSA) is 54.9 Å². The number of terminal acetylenes is 1. The monoisotopic (exact) mass is 505 g/mol. The highest BCUT2D eigenvalue weighted by Crippen LogP contribution is 2.25. The Hall–Kier alpha value is -2.40. The molecule has 5 nitrogen and oxygen atoms in total. The number of hydrogen-bond donors (Lipinski definition) is 2. The Morgan fingerprint density at radius 3 is 2.48 bits per heavy atom. The van der Waals surface area contributed by atoms with E-state index in [4.69, 9.17) is 15.9 Å². The van der Waals surface area contributed by atoms with Crippen molar-refractivity contribution in [1.82, 2.24) is 10.6 Å². The van der Waals surface area contributed by atoms with Gasteiger partial charge in [0.25, 0.3) is 0 Å². The highest BCUT2D eigenvalue weighted by Gasteiger charge is 2.11. The van der Waals surface area contributed by atoms with E-state index >= 15 is 0 Å². The molecule has 2 aromatic carbocycles. The number of nitrogens with zero attached hydrogens (tertiary/aromatic N) is 1. The molecule has 2 aromatic rings. The van der Waals surface area contributed by atoms with E-state index < -0.39 is 0 Å². The van der Waals surface area contributed by atoms with Crippen LogP contribution in [0.15, 0.2) is 47.5 Å². The van der Waals surface area contributed by atoms with E-state index in [1.807, 2.05) is 12.1 Å². The molecular weight excluding hydrogens is 477 g/mol. The largest absolute Gasteiger partial charge is 0.493 e. The van der Waals surface area contributed by atoms with E-state index in [2.05, 4.69) is 51.9 Å². The first-order valence-corrected chi connectivity index (χ1v) is 9.63. The zero-order valence-electron chi connectivity index (χ0n) is 16.7. The van der Waals surface area contributed by atoms with Gasteiger partial charge in [-0.15, -0.1) is 30.4 Å². The third kappa shape index (κ3) is 7.17. The predicted molar refractivity (Wildman–Crippen MR) is 129 cm³/mol. The van der Waals surface area contributed by atoms with E-state index in [-0.39, 0.29) is 24.0 Å². The van der Waals surface area contributed by atoms with Gasteiger partial charge in [-0.05, 0) is 47.7 Å². The second kappa shape index (κ2) is 12.2. The van der Waals surface area contributed by atoms with Crippen molar-refractivity contribution in [2.75, 3.05) is 33.4 Å². The number of fused-ring (bicyclic) bond motifs is 1. The van der Waals surface area contributed by atoms with E-state index in [1.165, 1.54) is 16.7 Å². The zero-order chi connectivity index (χ0) is 19.6. The van der Waals surface area contributed by atoms with Crippen LogP contribution in [0.1, 0.15) is 16.7 Å². The first-order valence-electron chi connectivity index (χ1n) is 9.63. The van der Waals surface area contributed by atoms with Crippen molar-refractivity contribution in [3.8, 4) is 23.8 Å². The summed E-state index contributed by atoms with van der Waals surface area (Å²) >= 11 is 0. The van der Waals surface area contributed by atoms with Crippen LogP contribution in [0.5, 0.6) is 11.5 Å². The van der Waals surface area contributed by atoms with E-state index in [9.17, 15) is 0 Å². The van der Waals surface area contributed by atoms with Crippen LogP contribution in [0, 0.1) is 12.3 Å². The standard InChI is InChI=1S/C23H27N3O2.HI/c1-3-15-27-21-7-4-18(5-8-21)10-13-25-23(24-2)26-14-11-19-6-9-22-20(17-19)12-16-28-22;/h1,4-9,17H,10-16H2,2H3,(H2,24,25,26);1H. The van der Waals surface area contributed by atoms with Crippen molar-refractivity contribution in [1.29, 1.82) is 0 Å². The van der Waals surface area contributed by atoms with E-state index in [1.54, 1.807) is 7.05 Å². The number of aliphatic imine (C=N–C) groups is 1. The Morgan fingerprint density at radius 2 is 1.79 bits per heavy atom. The van der Waals surface area contributed by atoms with Crippen LogP contribution < -0.4 is 20.1 Å². The zero-order valence-corrected chi connectivity index (χ0v) is 19.1. The summed E-state index contributed by atoms with van der Waals surface area (Å²) in [5, 5.41) is 6.73. The average molecular weight is 505 g/mol. The molecule has 0 aliphatic carbocycles. The van der Waals surface area contributed by atoms with Gasteiger partial charge in [0.2, 0.25) is 0 Å². The number of rotatable bonds is 8. The van der Waals surface area contributed by atoms with Gasteiger partial charge in [-0.1, -0.05) is 30.2 Å². The van der Waals surface area contributed by atoms with Crippen molar-refractivity contribution in [3.05, 3.63) is 59.2 Å². The molecule has 0 spiro atoms. The van der Waals surface area contributed by atoms with Crippen molar-refractivity contribution in [3.63, 3.8) is 0 Å². The molecule has 1 aliphatic rings. The number of hydrogen-bond acceptors (Lipinski definition) is 3. The molecule has 154 valence electrons. The summed E-state index contributed by atoms with van der Waals surface area (Å²) in [6.45, 7) is 2.73. The Balaban J connectivity index is 0.00000300. The molecule has 0 atom stereocenters. The molecule has 0 unspecified atom stereocenters. The highest BCUT2D eigenvalue weighted by molar-refractivity contribution is 14.0. The normalized spacial score (nSPS) is 12.2. The van der Waals surface area contributed by atoms with Crippen LogP contribution in [0.3, 0.4) is 0 Å². The maximum atomic E-state index is 5.56. The summed E-state index contributed by atoms with van der Waals surface area (Å²) in [5.41, 5.74) is 3.87. The fraction of sp³-hybridized carbons (Fsp3) is 0.348. The van der Waals surface area contributed by atoms with Gasteiger partial charge in [0, 0.05) is 26.6 Å². The summed E-state index contributed by atoms with van der Waals surface area (Å²) in [6.07, 6.45) is 8.06. The molecule has 0 bridgehead atoms. The summed E-state index contributed by atoms with van der Waals surface area (Å²) in [5.74, 6) is 5.11. The highest BCUT2D eigenvalue weighted by atomic mass is 127. The average Bonchev–Trinajstić information content (AvgIpc) is 3.20. The first-order chi connectivity index (χ1) is 13.8. The van der Waals surface area contributed by atoms with Gasteiger partial charge in [-0.3, -0.25) is 4.99 Å². The summed E-state index contributed by atoms with van der Waals surface area (Å²) in [4.78, 5) is 4.29. The summed E-state index contributed by atoms with van der Waals surface area (Å²) in [7, 11) is 1.79. The lowest BCUT2D eigenvalue weighted by atomic mass is 10.1. The summed E-state index contributed by atoms with van der Waals surface area (Å²) < 4.78 is 10.9. The first kappa shape index (κ1) is 22.9. The third-order valence-corrected chi connectivity index (χ3v) is 4.64. The molecule has 0 radical (unpaired) electrons. The lowest BCUT2D eigenvalue weighted by Crippen LogP contribution is -2.39. The van der Waals surface area contributed by atoms with Crippen LogP contribution >= 0.6 is 24.0 Å². The Kier molecular flexibility index (Phi) is 9.65. The van der Waals surface area contributed by atoms with Crippen LogP contribution in [-0.2, 0) is 19.3 Å². The van der Waals surface area contributed by atoms with Gasteiger partial charge < -0.3 is 20.1 Å². The van der Waals surface area contributed by atoms with Crippen molar-refractivity contribution in [2.24, 2.45) is 4.99 Å². The lowest BCUT2D eigenvalue weighted by molar-refractivity contribution is 0.357. The smallest absolute Gasteiger partial charge is 0.190 e. The predicted octanol–water partition coefficient (Wildman–Crippen LogP) is 3.20. The number of ether oxygens (including phenoxy) is 2. The molecule has 0 fully saturated rings. The molecule has 3 rings (SSSR count). The van der Waals surface area contributed by atoms with Crippen molar-refractivity contribution in [2.45, 2.75) is 19.3 Å². The molecule has 6 heteroatoms. The maximum Gasteiger partial charge on any atom is 0.190 e. The van der Waals surface area contributed by atoms with E-state index in [0.29, 0.717) is 6.61 Å². The Labute approximate surface area is 190 Å². The lowest BCUT2D eigenvalue weighted by Gasteiger charge is -2.12. The van der Waals surface area contributed by atoms with Crippen molar-refractivity contribution >= 4 is 29.9 Å². The number of guanidine groups is 1. The van der Waals surface area contributed by atoms with Gasteiger partial charge in [-0.25, -0.2) is 0 Å². The van der Waals surface area contributed by atoms with Crippen LogP contribution in [-0.4, -0.2) is 39.3 Å². The molecule has 1 aliphatic heterocycles. The maximum absolute atomic E-state index is 5.56. The molecular formula is C23H28IN3O2. The van der Waals surface area contributed by atoms with Gasteiger partial charge in [-0.2, -0.15) is 0 Å². The molecule has 0 amide bonds. The molecule has 0 saturated carbocycles. The molecule has 2 N–H and O–H groups in total. The number of benzene rings is 2. The van der Waals surface area contributed by atoms with Gasteiger partial charge in [0.15, 0.2) is 5.96 Å². The Bertz CT molecular complexity index is 844. The molecule has 0 aromatic heterocycles. The molecule has 0 saturated heterocycles. The fourth-order valence-corrected chi connectivity index (χ4v) is 3.14. The summed E-state index contributed by atoms with van der Waals surface area (Å²) in [6, 6.07) is 14.5. The van der Waals surface area contributed by atoms with Crippen LogP contribution in [0.2, 0.25) is 0 Å². The minimum atomic E-state index is 0. The number of halogens is 1. The SMILES string of the molecule is C#CCOc1ccc(CCNC(=NC)NCCc2ccc3c(c2)CCO3)cc1.I. The van der Waals surface area contributed by atoms with Gasteiger partial charge in [0.1, 0.15) is 18.1 Å². The van der Waals surface area contributed by atoms with Crippen molar-refractivity contribution < 1.29 is 9.47 Å². The number of nitrogens with one attached hydrogen (secondary N) is 2. The minimum Gasteiger partial charge on any atom is -0.493 e.